The molecule has 116 valence electrons. The summed E-state index contributed by atoms with van der Waals surface area (Å²) in [7, 11) is 3.92. The molecular formula is C17H16ClN5. The molecule has 0 saturated carbocycles. The Kier molecular flexibility index (Phi) is 4.12. The first-order valence-electron chi connectivity index (χ1n) is 7.08. The van der Waals surface area contributed by atoms with Crippen molar-refractivity contribution in [1.82, 2.24) is 15.2 Å². The van der Waals surface area contributed by atoms with Crippen LogP contribution in [0.25, 0.3) is 22.5 Å². The van der Waals surface area contributed by atoms with E-state index in [0.717, 1.165) is 16.8 Å². The zero-order chi connectivity index (χ0) is 16.4. The van der Waals surface area contributed by atoms with Gasteiger partial charge in [0.1, 0.15) is 11.4 Å². The molecule has 3 rings (SSSR count). The molecule has 0 amide bonds. The van der Waals surface area contributed by atoms with Crippen molar-refractivity contribution in [2.45, 2.75) is 0 Å². The molecule has 1 aromatic heterocycles. The van der Waals surface area contributed by atoms with Crippen molar-refractivity contribution in [1.29, 1.82) is 0 Å². The second kappa shape index (κ2) is 6.22. The summed E-state index contributed by atoms with van der Waals surface area (Å²) in [6.45, 7) is 0. The van der Waals surface area contributed by atoms with Crippen LogP contribution in [-0.2, 0) is 0 Å². The lowest BCUT2D eigenvalue weighted by atomic mass is 10.0. The van der Waals surface area contributed by atoms with Gasteiger partial charge in [-0.25, -0.2) is 4.98 Å². The van der Waals surface area contributed by atoms with E-state index >= 15 is 0 Å². The highest BCUT2D eigenvalue weighted by molar-refractivity contribution is 6.31. The molecule has 0 radical (unpaired) electrons. The minimum absolute atomic E-state index is 0.141. The number of nitrogens with zero attached hydrogens (tertiary/aromatic N) is 4. The van der Waals surface area contributed by atoms with Crippen molar-refractivity contribution in [3.05, 3.63) is 53.6 Å². The number of hydrogen-bond donors (Lipinski definition) is 1. The van der Waals surface area contributed by atoms with E-state index in [1.165, 1.54) is 0 Å². The quantitative estimate of drug-likeness (QED) is 0.798. The first kappa shape index (κ1) is 15.2. The molecule has 0 unspecified atom stereocenters. The molecule has 23 heavy (non-hydrogen) atoms. The summed E-state index contributed by atoms with van der Waals surface area (Å²) in [4.78, 5) is 6.35. The minimum atomic E-state index is 0.141. The van der Waals surface area contributed by atoms with E-state index in [-0.39, 0.29) is 5.95 Å². The zero-order valence-electron chi connectivity index (χ0n) is 12.9. The molecule has 0 bridgehead atoms. The number of hydrogen-bond acceptors (Lipinski definition) is 5. The minimum Gasteiger partial charge on any atom is -0.378 e. The van der Waals surface area contributed by atoms with Crippen molar-refractivity contribution in [2.24, 2.45) is 0 Å². The van der Waals surface area contributed by atoms with E-state index in [1.54, 1.807) is 0 Å². The van der Waals surface area contributed by atoms with E-state index in [1.807, 2.05) is 67.5 Å². The third-order valence-electron chi connectivity index (χ3n) is 3.42. The summed E-state index contributed by atoms with van der Waals surface area (Å²) in [5.41, 5.74) is 9.82. The number of halogens is 1. The lowest BCUT2D eigenvalue weighted by Crippen LogP contribution is -2.09. The second-order valence-electron chi connectivity index (χ2n) is 5.33. The SMILES string of the molecule is CN(C)c1cc(Cl)cc(-c2nnc(N)nc2-c2ccccc2)c1. The molecule has 0 aliphatic carbocycles. The van der Waals surface area contributed by atoms with Crippen LogP contribution in [0.4, 0.5) is 11.6 Å². The maximum Gasteiger partial charge on any atom is 0.240 e. The molecule has 5 nitrogen and oxygen atoms in total. The van der Waals surface area contributed by atoms with Gasteiger partial charge >= 0.3 is 0 Å². The van der Waals surface area contributed by atoms with Gasteiger partial charge in [-0.2, -0.15) is 0 Å². The lowest BCUT2D eigenvalue weighted by Gasteiger charge is -2.15. The standard InChI is InChI=1S/C17H16ClN5/c1-23(2)14-9-12(8-13(18)10-14)16-15(20-17(19)22-21-16)11-6-4-3-5-7-11/h3-10H,1-2H3,(H2,19,20,22). The molecule has 2 aromatic carbocycles. The van der Waals surface area contributed by atoms with Gasteiger partial charge in [-0.05, 0) is 18.2 Å². The van der Waals surface area contributed by atoms with Gasteiger partial charge in [-0.1, -0.05) is 41.9 Å². The van der Waals surface area contributed by atoms with Gasteiger partial charge in [0.15, 0.2) is 0 Å². The van der Waals surface area contributed by atoms with Gasteiger partial charge in [-0.3, -0.25) is 0 Å². The van der Waals surface area contributed by atoms with E-state index in [0.29, 0.717) is 16.4 Å². The fourth-order valence-electron chi connectivity index (χ4n) is 2.30. The first-order chi connectivity index (χ1) is 11.0. The van der Waals surface area contributed by atoms with E-state index in [9.17, 15) is 0 Å². The maximum absolute atomic E-state index is 6.25. The van der Waals surface area contributed by atoms with Crippen LogP contribution in [0.3, 0.4) is 0 Å². The zero-order valence-corrected chi connectivity index (χ0v) is 13.6. The van der Waals surface area contributed by atoms with Crippen molar-refractivity contribution in [3.63, 3.8) is 0 Å². The predicted octanol–water partition coefficient (Wildman–Crippen LogP) is 3.51. The molecule has 3 aromatic rings. The monoisotopic (exact) mass is 325 g/mol. The van der Waals surface area contributed by atoms with Crippen LogP contribution in [0.5, 0.6) is 0 Å². The molecular weight excluding hydrogens is 310 g/mol. The topological polar surface area (TPSA) is 67.9 Å². The highest BCUT2D eigenvalue weighted by Gasteiger charge is 2.14. The molecule has 0 spiro atoms. The number of nitrogen functional groups attached to an aromatic ring is 1. The van der Waals surface area contributed by atoms with Gasteiger partial charge in [0.25, 0.3) is 0 Å². The lowest BCUT2D eigenvalue weighted by molar-refractivity contribution is 0.997. The van der Waals surface area contributed by atoms with Crippen molar-refractivity contribution in [3.8, 4) is 22.5 Å². The Hall–Kier alpha value is -2.66. The number of nitrogens with two attached hydrogens (primary N) is 1. The molecule has 0 aliphatic heterocycles. The molecule has 1 heterocycles. The maximum atomic E-state index is 6.25. The van der Waals surface area contributed by atoms with Crippen LogP contribution in [0, 0.1) is 0 Å². The van der Waals surface area contributed by atoms with Crippen molar-refractivity contribution in [2.75, 3.05) is 24.7 Å². The number of anilines is 2. The smallest absolute Gasteiger partial charge is 0.240 e. The number of aromatic nitrogens is 3. The fourth-order valence-corrected chi connectivity index (χ4v) is 2.53. The highest BCUT2D eigenvalue weighted by Crippen LogP contribution is 2.32. The van der Waals surface area contributed by atoms with Crippen LogP contribution in [-0.4, -0.2) is 29.3 Å². The highest BCUT2D eigenvalue weighted by atomic mass is 35.5. The Morgan fingerprint density at radius 3 is 2.35 bits per heavy atom. The van der Waals surface area contributed by atoms with Crippen molar-refractivity contribution < 1.29 is 0 Å². The van der Waals surface area contributed by atoms with Gasteiger partial charge in [0.05, 0.1) is 0 Å². The van der Waals surface area contributed by atoms with Gasteiger partial charge in [-0.15, -0.1) is 10.2 Å². The van der Waals surface area contributed by atoms with E-state index < -0.39 is 0 Å². The average Bonchev–Trinajstić information content (AvgIpc) is 2.55. The van der Waals surface area contributed by atoms with Crippen LogP contribution < -0.4 is 10.6 Å². The molecule has 0 atom stereocenters. The molecule has 2 N–H and O–H groups in total. The Morgan fingerprint density at radius 1 is 0.913 bits per heavy atom. The molecule has 0 aliphatic rings. The average molecular weight is 326 g/mol. The Balaban J connectivity index is 2.21. The van der Waals surface area contributed by atoms with E-state index in [4.69, 9.17) is 17.3 Å². The summed E-state index contributed by atoms with van der Waals surface area (Å²) in [6.07, 6.45) is 0. The summed E-state index contributed by atoms with van der Waals surface area (Å²) < 4.78 is 0. The predicted molar refractivity (Wildman–Crippen MR) is 94.4 cm³/mol. The third kappa shape index (κ3) is 3.24. The summed E-state index contributed by atoms with van der Waals surface area (Å²) in [6, 6.07) is 15.5. The normalized spacial score (nSPS) is 10.6. The number of benzene rings is 2. The van der Waals surface area contributed by atoms with Crippen molar-refractivity contribution >= 4 is 23.2 Å². The second-order valence-corrected chi connectivity index (χ2v) is 5.76. The summed E-state index contributed by atoms with van der Waals surface area (Å²) in [5.74, 6) is 0.141. The fraction of sp³-hybridized carbons (Fsp3) is 0.118. The summed E-state index contributed by atoms with van der Waals surface area (Å²) in [5, 5.41) is 8.79. The Morgan fingerprint density at radius 2 is 1.65 bits per heavy atom. The largest absolute Gasteiger partial charge is 0.378 e. The molecule has 6 heteroatoms. The van der Waals surface area contributed by atoms with Crippen LogP contribution in [0.1, 0.15) is 0 Å². The van der Waals surface area contributed by atoms with Crippen LogP contribution in [0.2, 0.25) is 5.02 Å². The van der Waals surface area contributed by atoms with E-state index in [2.05, 4.69) is 15.2 Å². The Labute approximate surface area is 139 Å². The Bertz CT molecular complexity index is 834. The third-order valence-corrected chi connectivity index (χ3v) is 3.64. The van der Waals surface area contributed by atoms with Gasteiger partial charge in [0.2, 0.25) is 5.95 Å². The number of rotatable bonds is 3. The first-order valence-corrected chi connectivity index (χ1v) is 7.46. The molecule has 0 saturated heterocycles. The molecule has 0 fully saturated rings. The summed E-state index contributed by atoms with van der Waals surface area (Å²) >= 11 is 6.25. The van der Waals surface area contributed by atoms with Gasteiger partial charge in [0, 0.05) is 35.9 Å². The van der Waals surface area contributed by atoms with Crippen LogP contribution in [0.15, 0.2) is 48.5 Å². The van der Waals surface area contributed by atoms with Crippen LogP contribution >= 0.6 is 11.6 Å². The van der Waals surface area contributed by atoms with Gasteiger partial charge < -0.3 is 10.6 Å².